The number of hydrogen-bond acceptors (Lipinski definition) is 4. The summed E-state index contributed by atoms with van der Waals surface area (Å²) in [5.41, 5.74) is 5.41. The molecule has 0 aromatic rings. The summed E-state index contributed by atoms with van der Waals surface area (Å²) < 4.78 is 0. The van der Waals surface area contributed by atoms with Crippen LogP contribution in [-0.2, 0) is 4.79 Å². The van der Waals surface area contributed by atoms with E-state index in [-0.39, 0.29) is 0 Å². The van der Waals surface area contributed by atoms with Crippen molar-refractivity contribution in [2.45, 2.75) is 12.5 Å². The third-order valence-corrected chi connectivity index (χ3v) is 1.79. The maximum atomic E-state index is 10.8. The van der Waals surface area contributed by atoms with E-state index in [0.29, 0.717) is 6.42 Å². The SMILES string of the molecule is CSCC[C@@H](N)C(=O)NC#N. The van der Waals surface area contributed by atoms with Gasteiger partial charge in [-0.05, 0) is 18.4 Å². The van der Waals surface area contributed by atoms with Crippen LogP contribution in [0.25, 0.3) is 0 Å². The molecule has 0 aliphatic carbocycles. The van der Waals surface area contributed by atoms with Crippen LogP contribution in [0.2, 0.25) is 0 Å². The Balaban J connectivity index is 3.57. The van der Waals surface area contributed by atoms with Crippen molar-refractivity contribution in [2.24, 2.45) is 5.73 Å². The number of carbonyl (C=O) groups is 1. The van der Waals surface area contributed by atoms with Crippen LogP contribution in [0.3, 0.4) is 0 Å². The zero-order valence-electron chi connectivity index (χ0n) is 6.33. The Morgan fingerprint density at radius 3 is 3.00 bits per heavy atom. The summed E-state index contributed by atoms with van der Waals surface area (Å²) in [7, 11) is 0. The second kappa shape index (κ2) is 6.01. The molecule has 62 valence electrons. The van der Waals surface area contributed by atoms with E-state index >= 15 is 0 Å². The minimum absolute atomic E-state index is 0.401. The van der Waals surface area contributed by atoms with Crippen LogP contribution in [0.4, 0.5) is 0 Å². The van der Waals surface area contributed by atoms with Crippen LogP contribution in [0.15, 0.2) is 0 Å². The molecule has 0 aromatic carbocycles. The van der Waals surface area contributed by atoms with Gasteiger partial charge in [0.25, 0.3) is 0 Å². The molecule has 0 saturated heterocycles. The fraction of sp³-hybridized carbons (Fsp3) is 0.667. The Bertz CT molecular complexity index is 166. The summed E-state index contributed by atoms with van der Waals surface area (Å²) in [4.78, 5) is 10.8. The largest absolute Gasteiger partial charge is 0.320 e. The fourth-order valence-electron chi connectivity index (χ4n) is 0.524. The molecular formula is C6H11N3OS. The zero-order chi connectivity index (χ0) is 8.69. The van der Waals surface area contributed by atoms with Crippen molar-refractivity contribution in [3.63, 3.8) is 0 Å². The number of nitrogens with one attached hydrogen (secondary N) is 1. The van der Waals surface area contributed by atoms with Gasteiger partial charge < -0.3 is 5.73 Å². The average Bonchev–Trinajstić information content (AvgIpc) is 2.00. The molecule has 0 aliphatic heterocycles. The van der Waals surface area contributed by atoms with E-state index in [0.717, 1.165) is 5.75 Å². The van der Waals surface area contributed by atoms with Gasteiger partial charge in [-0.3, -0.25) is 10.1 Å². The number of hydrogen-bond donors (Lipinski definition) is 2. The van der Waals surface area contributed by atoms with Gasteiger partial charge in [0.1, 0.15) is 0 Å². The van der Waals surface area contributed by atoms with Gasteiger partial charge in [0.2, 0.25) is 5.91 Å². The molecule has 5 heteroatoms. The molecule has 0 heterocycles. The molecule has 0 spiro atoms. The third-order valence-electron chi connectivity index (χ3n) is 1.15. The normalized spacial score (nSPS) is 11.7. The van der Waals surface area contributed by atoms with Gasteiger partial charge in [-0.25, -0.2) is 0 Å². The standard InChI is InChI=1S/C6H11N3OS/c1-11-3-2-5(8)6(10)9-4-7/h5H,2-3,8H2,1H3,(H,9,10)/t5-/m1/s1. The highest BCUT2D eigenvalue weighted by atomic mass is 32.2. The predicted octanol–water partition coefficient (Wildman–Crippen LogP) is -0.336. The van der Waals surface area contributed by atoms with Crippen LogP contribution in [0.1, 0.15) is 6.42 Å². The molecule has 0 rings (SSSR count). The van der Waals surface area contributed by atoms with Crippen LogP contribution >= 0.6 is 11.8 Å². The number of carbonyl (C=O) groups excluding carboxylic acids is 1. The highest BCUT2D eigenvalue weighted by molar-refractivity contribution is 7.98. The molecule has 0 aromatic heterocycles. The van der Waals surface area contributed by atoms with Crippen molar-refractivity contribution in [3.8, 4) is 6.19 Å². The third kappa shape index (κ3) is 4.65. The summed E-state index contributed by atoms with van der Waals surface area (Å²) in [5, 5.41) is 10.1. The lowest BCUT2D eigenvalue weighted by molar-refractivity contribution is -0.121. The van der Waals surface area contributed by atoms with Gasteiger partial charge in [-0.15, -0.1) is 0 Å². The Hall–Kier alpha value is -0.730. The molecular weight excluding hydrogens is 162 g/mol. The highest BCUT2D eigenvalue weighted by Gasteiger charge is 2.11. The second-order valence-corrected chi connectivity index (χ2v) is 2.97. The Labute approximate surface area is 70.1 Å². The van der Waals surface area contributed by atoms with Gasteiger partial charge in [0.05, 0.1) is 6.04 Å². The minimum Gasteiger partial charge on any atom is -0.320 e. The molecule has 0 bridgehead atoms. The van der Waals surface area contributed by atoms with Crippen molar-refractivity contribution < 1.29 is 4.79 Å². The summed E-state index contributed by atoms with van der Waals surface area (Å²) in [6, 6.07) is -0.554. The van der Waals surface area contributed by atoms with Crippen molar-refractivity contribution in [3.05, 3.63) is 0 Å². The Kier molecular flexibility index (Phi) is 5.61. The molecule has 1 amide bonds. The summed E-state index contributed by atoms with van der Waals surface area (Å²) in [5.74, 6) is 0.432. The molecule has 1 atom stereocenters. The fourth-order valence-corrected chi connectivity index (χ4v) is 1.01. The van der Waals surface area contributed by atoms with E-state index < -0.39 is 11.9 Å². The van der Waals surface area contributed by atoms with Crippen molar-refractivity contribution in [1.29, 1.82) is 5.26 Å². The first kappa shape index (κ1) is 10.3. The first-order chi connectivity index (χ1) is 5.22. The Morgan fingerprint density at radius 2 is 2.55 bits per heavy atom. The molecule has 4 nitrogen and oxygen atoms in total. The lowest BCUT2D eigenvalue weighted by Crippen LogP contribution is -2.38. The number of nitrogens with two attached hydrogens (primary N) is 1. The van der Waals surface area contributed by atoms with E-state index in [4.69, 9.17) is 11.0 Å². The van der Waals surface area contributed by atoms with Gasteiger partial charge >= 0.3 is 0 Å². The van der Waals surface area contributed by atoms with E-state index in [1.165, 1.54) is 6.19 Å². The molecule has 0 unspecified atom stereocenters. The number of nitriles is 1. The first-order valence-electron chi connectivity index (χ1n) is 3.15. The van der Waals surface area contributed by atoms with Gasteiger partial charge in [0.15, 0.2) is 6.19 Å². The molecule has 0 fully saturated rings. The summed E-state index contributed by atoms with van der Waals surface area (Å²) >= 11 is 1.62. The predicted molar refractivity (Wildman–Crippen MR) is 44.7 cm³/mol. The first-order valence-corrected chi connectivity index (χ1v) is 4.55. The molecule has 11 heavy (non-hydrogen) atoms. The van der Waals surface area contributed by atoms with E-state index in [1.54, 1.807) is 11.8 Å². The number of rotatable bonds is 4. The molecule has 0 aliphatic rings. The van der Waals surface area contributed by atoms with Gasteiger partial charge in [0, 0.05) is 0 Å². The summed E-state index contributed by atoms with van der Waals surface area (Å²) in [6.07, 6.45) is 4.08. The highest BCUT2D eigenvalue weighted by Crippen LogP contribution is 1.97. The van der Waals surface area contributed by atoms with Crippen molar-refractivity contribution in [2.75, 3.05) is 12.0 Å². The lowest BCUT2D eigenvalue weighted by atomic mass is 10.2. The lowest BCUT2D eigenvalue weighted by Gasteiger charge is -2.06. The van der Waals surface area contributed by atoms with E-state index in [2.05, 4.69) is 0 Å². The topological polar surface area (TPSA) is 78.9 Å². The molecule has 0 radical (unpaired) electrons. The zero-order valence-corrected chi connectivity index (χ0v) is 7.15. The van der Waals surface area contributed by atoms with Gasteiger partial charge in [-0.2, -0.15) is 17.0 Å². The summed E-state index contributed by atoms with van der Waals surface area (Å²) in [6.45, 7) is 0. The second-order valence-electron chi connectivity index (χ2n) is 1.99. The number of nitrogens with zero attached hydrogens (tertiary/aromatic N) is 1. The Morgan fingerprint density at radius 1 is 1.91 bits per heavy atom. The maximum absolute atomic E-state index is 10.8. The van der Waals surface area contributed by atoms with Crippen LogP contribution in [-0.4, -0.2) is 24.0 Å². The van der Waals surface area contributed by atoms with E-state index in [1.807, 2.05) is 11.6 Å². The maximum Gasteiger partial charge on any atom is 0.249 e. The molecule has 0 saturated carbocycles. The van der Waals surface area contributed by atoms with Crippen LogP contribution in [0.5, 0.6) is 0 Å². The minimum atomic E-state index is -0.554. The monoisotopic (exact) mass is 173 g/mol. The average molecular weight is 173 g/mol. The molecule has 3 N–H and O–H groups in total. The smallest absolute Gasteiger partial charge is 0.249 e. The van der Waals surface area contributed by atoms with Crippen molar-refractivity contribution >= 4 is 17.7 Å². The van der Waals surface area contributed by atoms with Crippen molar-refractivity contribution in [1.82, 2.24) is 5.32 Å². The van der Waals surface area contributed by atoms with Gasteiger partial charge in [-0.1, -0.05) is 0 Å². The number of amides is 1. The van der Waals surface area contributed by atoms with Crippen LogP contribution in [0, 0.1) is 11.5 Å². The van der Waals surface area contributed by atoms with E-state index in [9.17, 15) is 4.79 Å². The number of thioether (sulfide) groups is 1. The van der Waals surface area contributed by atoms with Crippen LogP contribution < -0.4 is 11.1 Å². The quantitative estimate of drug-likeness (QED) is 0.450.